The van der Waals surface area contributed by atoms with Gasteiger partial charge in [0.05, 0.1) is 0 Å². The third-order valence-electron chi connectivity index (χ3n) is 3.89. The Kier molecular flexibility index (Phi) is 4.86. The van der Waals surface area contributed by atoms with Crippen molar-refractivity contribution in [2.45, 2.75) is 57.9 Å². The molecule has 0 radical (unpaired) electrons. The number of nitrogens with zero attached hydrogens (tertiary/aromatic N) is 2. The van der Waals surface area contributed by atoms with Crippen LogP contribution in [0.3, 0.4) is 0 Å². The molecule has 1 aromatic rings. The molecule has 1 aliphatic heterocycles. The molecule has 0 spiro atoms. The first-order chi connectivity index (χ1) is 10.5. The summed E-state index contributed by atoms with van der Waals surface area (Å²) in [4.78, 5) is 12.4. The highest BCUT2D eigenvalue weighted by Crippen LogP contribution is 2.27. The number of hydrogen-bond acceptors (Lipinski definition) is 5. The molecule has 0 atom stereocenters. The van der Waals surface area contributed by atoms with Gasteiger partial charge >= 0.3 is 0 Å². The van der Waals surface area contributed by atoms with E-state index in [0.29, 0.717) is 37.4 Å². The van der Waals surface area contributed by atoms with Crippen LogP contribution in [-0.2, 0) is 14.8 Å². The SMILES string of the molecule is Cc1noc(C)c1S(=O)(=O)N1CCC(C(=O)NC(C)(C)C)CC1. The van der Waals surface area contributed by atoms with Gasteiger partial charge in [-0.1, -0.05) is 5.16 Å². The van der Waals surface area contributed by atoms with E-state index in [1.807, 2.05) is 20.8 Å². The molecular weight excluding hydrogens is 318 g/mol. The minimum absolute atomic E-state index is 0.00751. The van der Waals surface area contributed by atoms with Crippen molar-refractivity contribution in [3.8, 4) is 0 Å². The summed E-state index contributed by atoms with van der Waals surface area (Å²) in [7, 11) is -3.62. The normalized spacial score (nSPS) is 18.1. The van der Waals surface area contributed by atoms with E-state index in [0.717, 1.165) is 0 Å². The first kappa shape index (κ1) is 17.9. The van der Waals surface area contributed by atoms with Crippen LogP contribution in [0.5, 0.6) is 0 Å². The molecule has 1 aliphatic rings. The van der Waals surface area contributed by atoms with Crippen molar-refractivity contribution in [1.82, 2.24) is 14.8 Å². The van der Waals surface area contributed by atoms with Gasteiger partial charge in [-0.3, -0.25) is 4.79 Å². The van der Waals surface area contributed by atoms with Crippen LogP contribution in [0, 0.1) is 19.8 Å². The average Bonchev–Trinajstić information content (AvgIpc) is 2.77. The number of hydrogen-bond donors (Lipinski definition) is 1. The molecule has 7 nitrogen and oxygen atoms in total. The van der Waals surface area contributed by atoms with Gasteiger partial charge in [-0.05, 0) is 47.5 Å². The number of aryl methyl sites for hydroxylation is 2. The highest BCUT2D eigenvalue weighted by atomic mass is 32.2. The zero-order valence-corrected chi connectivity index (χ0v) is 15.2. The van der Waals surface area contributed by atoms with Crippen molar-refractivity contribution in [2.24, 2.45) is 5.92 Å². The molecule has 2 heterocycles. The smallest absolute Gasteiger partial charge is 0.248 e. The van der Waals surface area contributed by atoms with E-state index >= 15 is 0 Å². The minimum atomic E-state index is -3.62. The van der Waals surface area contributed by atoms with Gasteiger partial charge in [0.15, 0.2) is 5.76 Å². The topological polar surface area (TPSA) is 92.5 Å². The number of carbonyl (C=O) groups is 1. The van der Waals surface area contributed by atoms with Crippen molar-refractivity contribution >= 4 is 15.9 Å². The predicted molar refractivity (Wildman–Crippen MR) is 85.4 cm³/mol. The van der Waals surface area contributed by atoms with Gasteiger partial charge in [-0.25, -0.2) is 8.42 Å². The molecule has 1 saturated heterocycles. The van der Waals surface area contributed by atoms with Gasteiger partial charge < -0.3 is 9.84 Å². The summed E-state index contributed by atoms with van der Waals surface area (Å²) in [5, 5.41) is 6.67. The van der Waals surface area contributed by atoms with E-state index in [2.05, 4.69) is 10.5 Å². The summed E-state index contributed by atoms with van der Waals surface area (Å²) in [5.41, 5.74) is 0.0897. The number of nitrogens with one attached hydrogen (secondary N) is 1. The average molecular weight is 343 g/mol. The maximum absolute atomic E-state index is 12.7. The lowest BCUT2D eigenvalue weighted by Crippen LogP contribution is -2.47. The summed E-state index contributed by atoms with van der Waals surface area (Å²) >= 11 is 0. The van der Waals surface area contributed by atoms with E-state index in [1.165, 1.54) is 4.31 Å². The third-order valence-corrected chi connectivity index (χ3v) is 6.03. The zero-order chi connectivity index (χ0) is 17.4. The number of carbonyl (C=O) groups excluding carboxylic acids is 1. The van der Waals surface area contributed by atoms with Gasteiger partial charge in [0.25, 0.3) is 0 Å². The number of amides is 1. The fraction of sp³-hybridized carbons (Fsp3) is 0.733. The Balaban J connectivity index is 2.06. The largest absolute Gasteiger partial charge is 0.360 e. The van der Waals surface area contributed by atoms with Gasteiger partial charge in [0, 0.05) is 24.5 Å². The Bertz CT molecular complexity index is 661. The molecule has 0 aromatic carbocycles. The van der Waals surface area contributed by atoms with Crippen LogP contribution in [0.2, 0.25) is 0 Å². The number of piperidine rings is 1. The van der Waals surface area contributed by atoms with Crippen molar-refractivity contribution in [3.63, 3.8) is 0 Å². The summed E-state index contributed by atoms with van der Waals surface area (Å²) < 4.78 is 31.8. The van der Waals surface area contributed by atoms with Crippen LogP contribution >= 0.6 is 0 Å². The molecule has 1 amide bonds. The minimum Gasteiger partial charge on any atom is -0.360 e. The maximum atomic E-state index is 12.7. The monoisotopic (exact) mass is 343 g/mol. The van der Waals surface area contributed by atoms with Crippen molar-refractivity contribution < 1.29 is 17.7 Å². The Morgan fingerprint density at radius 3 is 2.26 bits per heavy atom. The molecular formula is C15H25N3O4S. The second-order valence-electron chi connectivity index (χ2n) is 7.07. The number of sulfonamides is 1. The van der Waals surface area contributed by atoms with Crippen LogP contribution < -0.4 is 5.32 Å². The van der Waals surface area contributed by atoms with E-state index in [9.17, 15) is 13.2 Å². The van der Waals surface area contributed by atoms with E-state index in [-0.39, 0.29) is 22.3 Å². The number of aromatic nitrogens is 1. The molecule has 0 saturated carbocycles. The number of rotatable bonds is 3. The maximum Gasteiger partial charge on any atom is 0.248 e. The highest BCUT2D eigenvalue weighted by molar-refractivity contribution is 7.89. The first-order valence-electron chi connectivity index (χ1n) is 7.77. The molecule has 1 N–H and O–H groups in total. The molecule has 8 heteroatoms. The Morgan fingerprint density at radius 2 is 1.83 bits per heavy atom. The molecule has 1 fully saturated rings. The van der Waals surface area contributed by atoms with Gasteiger partial charge in [0.1, 0.15) is 10.6 Å². The molecule has 0 unspecified atom stereocenters. The molecule has 2 rings (SSSR count). The second kappa shape index (κ2) is 6.24. The van der Waals surface area contributed by atoms with Crippen molar-refractivity contribution in [1.29, 1.82) is 0 Å². The summed E-state index contributed by atoms with van der Waals surface area (Å²) in [6.45, 7) is 9.67. The zero-order valence-electron chi connectivity index (χ0n) is 14.3. The Labute approximate surface area is 137 Å². The lowest BCUT2D eigenvalue weighted by molar-refractivity contribution is -0.127. The first-order valence-corrected chi connectivity index (χ1v) is 9.21. The van der Waals surface area contributed by atoms with Crippen LogP contribution in [0.1, 0.15) is 45.1 Å². The van der Waals surface area contributed by atoms with Crippen molar-refractivity contribution in [2.75, 3.05) is 13.1 Å². The highest BCUT2D eigenvalue weighted by Gasteiger charge is 2.35. The van der Waals surface area contributed by atoms with Crippen LogP contribution in [0.4, 0.5) is 0 Å². The van der Waals surface area contributed by atoms with E-state index in [4.69, 9.17) is 4.52 Å². The fourth-order valence-electron chi connectivity index (χ4n) is 2.80. The lowest BCUT2D eigenvalue weighted by atomic mass is 9.96. The van der Waals surface area contributed by atoms with E-state index in [1.54, 1.807) is 13.8 Å². The quantitative estimate of drug-likeness (QED) is 0.900. The molecule has 23 heavy (non-hydrogen) atoms. The van der Waals surface area contributed by atoms with Crippen LogP contribution in [-0.4, -0.2) is 42.4 Å². The Morgan fingerprint density at radius 1 is 1.26 bits per heavy atom. The van der Waals surface area contributed by atoms with Gasteiger partial charge in [-0.2, -0.15) is 4.31 Å². The summed E-state index contributed by atoms with van der Waals surface area (Å²) in [5.74, 6) is 0.146. The second-order valence-corrected chi connectivity index (χ2v) is 8.95. The van der Waals surface area contributed by atoms with Crippen LogP contribution in [0.15, 0.2) is 9.42 Å². The van der Waals surface area contributed by atoms with Crippen molar-refractivity contribution in [3.05, 3.63) is 11.5 Å². The molecule has 0 bridgehead atoms. The predicted octanol–water partition coefficient (Wildman–Crippen LogP) is 1.61. The standard InChI is InChI=1S/C15H25N3O4S/c1-10-13(11(2)22-17-10)23(20,21)18-8-6-12(7-9-18)14(19)16-15(3,4)5/h12H,6-9H2,1-5H3,(H,16,19). The van der Waals surface area contributed by atoms with Crippen LogP contribution in [0.25, 0.3) is 0 Å². The summed E-state index contributed by atoms with van der Waals surface area (Å²) in [6, 6.07) is 0. The lowest BCUT2D eigenvalue weighted by Gasteiger charge is -2.32. The Hall–Kier alpha value is -1.41. The fourth-order valence-corrected chi connectivity index (χ4v) is 4.56. The third kappa shape index (κ3) is 3.92. The summed E-state index contributed by atoms with van der Waals surface area (Å²) in [6.07, 6.45) is 1.04. The van der Waals surface area contributed by atoms with E-state index < -0.39 is 10.0 Å². The molecule has 0 aliphatic carbocycles. The molecule has 130 valence electrons. The van der Waals surface area contributed by atoms with Gasteiger partial charge in [0.2, 0.25) is 15.9 Å². The van der Waals surface area contributed by atoms with Gasteiger partial charge in [-0.15, -0.1) is 0 Å². The molecule has 1 aromatic heterocycles.